The van der Waals surface area contributed by atoms with Crippen molar-refractivity contribution in [2.45, 2.75) is 13.1 Å². The number of phenols is 1. The fourth-order valence-electron chi connectivity index (χ4n) is 1.47. The lowest BCUT2D eigenvalue weighted by Gasteiger charge is -2.06. The first-order valence-corrected chi connectivity index (χ1v) is 6.49. The monoisotopic (exact) mass is 331 g/mol. The van der Waals surface area contributed by atoms with Gasteiger partial charge in [0.05, 0.1) is 11.1 Å². The van der Waals surface area contributed by atoms with Crippen LogP contribution in [0, 0.1) is 0 Å². The van der Waals surface area contributed by atoms with Crippen molar-refractivity contribution in [3.05, 3.63) is 64.9 Å². The van der Waals surface area contributed by atoms with Crippen LogP contribution in [-0.2, 0) is 0 Å². The molecule has 0 radical (unpaired) electrons. The molecule has 0 atom stereocenters. The minimum absolute atomic E-state index is 0.0781. The van der Waals surface area contributed by atoms with Crippen molar-refractivity contribution in [1.29, 1.82) is 0 Å². The van der Waals surface area contributed by atoms with Gasteiger partial charge in [0.15, 0.2) is 0 Å². The molecular weight excluding hydrogens is 319 g/mol. The fourth-order valence-corrected chi connectivity index (χ4v) is 1.64. The van der Waals surface area contributed by atoms with Crippen LogP contribution in [0.1, 0.15) is 17.3 Å². The quantitative estimate of drug-likeness (QED) is 0.806. The van der Waals surface area contributed by atoms with Gasteiger partial charge in [-0.1, -0.05) is 23.8 Å². The van der Waals surface area contributed by atoms with Crippen LogP contribution in [0.4, 0.5) is 13.2 Å². The van der Waals surface area contributed by atoms with E-state index in [0.717, 1.165) is 24.4 Å². The van der Waals surface area contributed by atoms with E-state index in [4.69, 9.17) is 11.6 Å². The third kappa shape index (κ3) is 5.29. The zero-order chi connectivity index (χ0) is 16.8. The number of halogens is 4. The summed E-state index contributed by atoms with van der Waals surface area (Å²) in [5.41, 5.74) is -0.934. The van der Waals surface area contributed by atoms with Crippen molar-refractivity contribution >= 4 is 17.5 Å². The van der Waals surface area contributed by atoms with E-state index in [-0.39, 0.29) is 16.3 Å². The molecule has 0 aromatic heterocycles. The highest BCUT2D eigenvalue weighted by molar-refractivity contribution is 6.31. The third-order valence-corrected chi connectivity index (χ3v) is 2.70. The van der Waals surface area contributed by atoms with Gasteiger partial charge < -0.3 is 10.4 Å². The Bertz CT molecular complexity index is 634. The zero-order valence-corrected chi connectivity index (χ0v) is 12.2. The van der Waals surface area contributed by atoms with Gasteiger partial charge in [-0.15, -0.1) is 0 Å². The van der Waals surface area contributed by atoms with Crippen LogP contribution in [0.2, 0.25) is 5.02 Å². The molecule has 22 heavy (non-hydrogen) atoms. The summed E-state index contributed by atoms with van der Waals surface area (Å²) in [6, 6.07) is 3.89. The number of aromatic hydroxyl groups is 1. The minimum Gasteiger partial charge on any atom is -0.507 e. The standard InChI is InChI=1S/C15H13ClF3NO2/c1-2-4-10(15(17,18)19)5-3-8-20-14(22)12-9-11(16)6-7-13(12)21/h2-9,21H,1H3,(H,20,22)/b4-2-,8-3+,10-5+. The highest BCUT2D eigenvalue weighted by Gasteiger charge is 2.30. The Balaban J connectivity index is 2.80. The van der Waals surface area contributed by atoms with Crippen molar-refractivity contribution in [3.8, 4) is 5.75 Å². The Morgan fingerprint density at radius 3 is 2.64 bits per heavy atom. The molecule has 7 heteroatoms. The van der Waals surface area contributed by atoms with Gasteiger partial charge in [0, 0.05) is 11.2 Å². The molecule has 0 bridgehead atoms. The molecule has 1 aromatic rings. The third-order valence-electron chi connectivity index (χ3n) is 2.46. The number of carbonyl (C=O) groups is 1. The summed E-state index contributed by atoms with van der Waals surface area (Å²) in [6.45, 7) is 1.47. The van der Waals surface area contributed by atoms with Crippen LogP contribution >= 0.6 is 11.6 Å². The smallest absolute Gasteiger partial charge is 0.416 e. The van der Waals surface area contributed by atoms with E-state index < -0.39 is 17.7 Å². The Morgan fingerprint density at radius 2 is 2.05 bits per heavy atom. The molecule has 2 N–H and O–H groups in total. The van der Waals surface area contributed by atoms with E-state index in [1.165, 1.54) is 31.2 Å². The SMILES string of the molecule is C\C=C/C(=C\C=C\NC(=O)c1cc(Cl)ccc1O)C(F)(F)F. The number of allylic oxidation sites excluding steroid dienone is 5. The number of rotatable bonds is 4. The Morgan fingerprint density at radius 1 is 1.36 bits per heavy atom. The first-order chi connectivity index (χ1) is 10.3. The molecule has 1 aromatic carbocycles. The van der Waals surface area contributed by atoms with E-state index in [0.29, 0.717) is 0 Å². The molecule has 1 amide bonds. The van der Waals surface area contributed by atoms with Crippen LogP contribution in [0.5, 0.6) is 5.75 Å². The molecule has 0 saturated heterocycles. The summed E-state index contributed by atoms with van der Waals surface area (Å²) in [5, 5.41) is 12.0. The van der Waals surface area contributed by atoms with Crippen molar-refractivity contribution in [3.63, 3.8) is 0 Å². The van der Waals surface area contributed by atoms with Gasteiger partial charge in [-0.05, 0) is 37.3 Å². The van der Waals surface area contributed by atoms with E-state index in [2.05, 4.69) is 5.32 Å². The first kappa shape index (κ1) is 17.8. The molecule has 0 aliphatic carbocycles. The number of nitrogens with one attached hydrogen (secondary N) is 1. The van der Waals surface area contributed by atoms with Crippen molar-refractivity contribution in [2.24, 2.45) is 0 Å². The molecular formula is C15H13ClF3NO2. The van der Waals surface area contributed by atoms with Gasteiger partial charge in [0.1, 0.15) is 5.75 Å². The lowest BCUT2D eigenvalue weighted by molar-refractivity contribution is -0.0881. The predicted molar refractivity (Wildman–Crippen MR) is 78.7 cm³/mol. The Labute approximate surface area is 130 Å². The molecule has 3 nitrogen and oxygen atoms in total. The number of alkyl halides is 3. The van der Waals surface area contributed by atoms with Crippen molar-refractivity contribution < 1.29 is 23.1 Å². The van der Waals surface area contributed by atoms with Crippen LogP contribution in [0.3, 0.4) is 0 Å². The molecule has 0 spiro atoms. The summed E-state index contributed by atoms with van der Waals surface area (Å²) in [7, 11) is 0. The van der Waals surface area contributed by atoms with E-state index in [1.54, 1.807) is 0 Å². The Kier molecular flexibility index (Phi) is 6.24. The van der Waals surface area contributed by atoms with Crippen LogP contribution in [0.25, 0.3) is 0 Å². The lowest BCUT2D eigenvalue weighted by Crippen LogP contribution is -2.17. The van der Waals surface area contributed by atoms with E-state index in [1.807, 2.05) is 0 Å². The highest BCUT2D eigenvalue weighted by atomic mass is 35.5. The minimum atomic E-state index is -4.48. The molecule has 0 aliphatic rings. The number of phenolic OH excluding ortho intramolecular Hbond substituents is 1. The summed E-state index contributed by atoms with van der Waals surface area (Å²) in [6.07, 6.45) is 0.592. The summed E-state index contributed by atoms with van der Waals surface area (Å²) in [5.74, 6) is -0.972. The molecule has 118 valence electrons. The number of hydrogen-bond acceptors (Lipinski definition) is 2. The fraction of sp³-hybridized carbons (Fsp3) is 0.133. The zero-order valence-electron chi connectivity index (χ0n) is 11.5. The highest BCUT2D eigenvalue weighted by Crippen LogP contribution is 2.26. The van der Waals surface area contributed by atoms with Gasteiger partial charge in [0.25, 0.3) is 5.91 Å². The molecule has 1 rings (SSSR count). The number of hydrogen-bond donors (Lipinski definition) is 2. The molecule has 0 fully saturated rings. The van der Waals surface area contributed by atoms with Crippen LogP contribution < -0.4 is 5.32 Å². The topological polar surface area (TPSA) is 49.3 Å². The molecule has 0 unspecified atom stereocenters. The van der Waals surface area contributed by atoms with Gasteiger partial charge >= 0.3 is 6.18 Å². The largest absolute Gasteiger partial charge is 0.507 e. The second-order valence-corrected chi connectivity index (χ2v) is 4.55. The van der Waals surface area contributed by atoms with Gasteiger partial charge in [0.2, 0.25) is 0 Å². The van der Waals surface area contributed by atoms with Crippen molar-refractivity contribution in [1.82, 2.24) is 5.32 Å². The predicted octanol–water partition coefficient (Wildman–Crippen LogP) is 4.35. The number of carbonyl (C=O) groups excluding carboxylic acids is 1. The first-order valence-electron chi connectivity index (χ1n) is 6.12. The molecule has 0 saturated carbocycles. The second-order valence-electron chi connectivity index (χ2n) is 4.11. The summed E-state index contributed by atoms with van der Waals surface area (Å²) < 4.78 is 37.7. The summed E-state index contributed by atoms with van der Waals surface area (Å²) in [4.78, 5) is 11.7. The number of amides is 1. The normalized spacial score (nSPS) is 13.0. The lowest BCUT2D eigenvalue weighted by atomic mass is 10.2. The van der Waals surface area contributed by atoms with Crippen molar-refractivity contribution in [2.75, 3.05) is 0 Å². The molecule has 0 aliphatic heterocycles. The van der Waals surface area contributed by atoms with Crippen LogP contribution in [-0.4, -0.2) is 17.2 Å². The Hall–Kier alpha value is -2.21. The average molecular weight is 332 g/mol. The van der Waals surface area contributed by atoms with E-state index in [9.17, 15) is 23.1 Å². The maximum atomic E-state index is 12.6. The average Bonchev–Trinajstić information content (AvgIpc) is 2.43. The summed E-state index contributed by atoms with van der Waals surface area (Å²) >= 11 is 5.70. The van der Waals surface area contributed by atoms with Crippen LogP contribution in [0.15, 0.2) is 54.3 Å². The van der Waals surface area contributed by atoms with Gasteiger partial charge in [-0.2, -0.15) is 13.2 Å². The van der Waals surface area contributed by atoms with Gasteiger partial charge in [-0.25, -0.2) is 0 Å². The maximum absolute atomic E-state index is 12.6. The van der Waals surface area contributed by atoms with Gasteiger partial charge in [-0.3, -0.25) is 4.79 Å². The molecule has 0 heterocycles. The van der Waals surface area contributed by atoms with E-state index >= 15 is 0 Å². The number of benzene rings is 1. The maximum Gasteiger partial charge on any atom is 0.416 e. The second kappa shape index (κ2) is 7.70.